The van der Waals surface area contributed by atoms with Crippen LogP contribution >= 0.6 is 0 Å². The number of hydrogen-bond donors (Lipinski definition) is 2. The van der Waals surface area contributed by atoms with Crippen LogP contribution in [0.25, 0.3) is 0 Å². The summed E-state index contributed by atoms with van der Waals surface area (Å²) < 4.78 is 36.3. The number of benzene rings is 1. The molecule has 0 aliphatic carbocycles. The molecule has 2 amide bonds. The molecule has 9 nitrogen and oxygen atoms in total. The number of amides is 2. The average Bonchev–Trinajstić information content (AvgIpc) is 2.58. The van der Waals surface area contributed by atoms with Crippen LogP contribution in [0.3, 0.4) is 0 Å². The third kappa shape index (κ3) is 6.81. The summed E-state index contributed by atoms with van der Waals surface area (Å²) in [6, 6.07) is 6.34. The van der Waals surface area contributed by atoms with Crippen molar-refractivity contribution in [3.63, 3.8) is 0 Å². The minimum Gasteiger partial charge on any atom is -0.454 e. The molecular weight excluding hydrogens is 364 g/mol. The lowest BCUT2D eigenvalue weighted by molar-refractivity contribution is -0.151. The van der Waals surface area contributed by atoms with Gasteiger partial charge < -0.3 is 9.47 Å². The summed E-state index contributed by atoms with van der Waals surface area (Å²) in [4.78, 5) is 34.8. The summed E-state index contributed by atoms with van der Waals surface area (Å²) in [5.41, 5.74) is 0. The quantitative estimate of drug-likeness (QED) is 0.633. The molecule has 10 heteroatoms. The van der Waals surface area contributed by atoms with Crippen molar-refractivity contribution >= 4 is 28.0 Å². The van der Waals surface area contributed by atoms with E-state index in [4.69, 9.17) is 4.74 Å². The zero-order valence-electron chi connectivity index (χ0n) is 14.7. The van der Waals surface area contributed by atoms with Crippen molar-refractivity contribution in [1.29, 1.82) is 0 Å². The molecule has 1 rings (SSSR count). The molecule has 0 spiro atoms. The molecule has 0 aliphatic heterocycles. The highest BCUT2D eigenvalue weighted by atomic mass is 32.2. The maximum atomic E-state index is 12.3. The lowest BCUT2D eigenvalue weighted by Gasteiger charge is -2.20. The molecule has 26 heavy (non-hydrogen) atoms. The van der Waals surface area contributed by atoms with Gasteiger partial charge in [-0.1, -0.05) is 32.0 Å². The van der Waals surface area contributed by atoms with Crippen LogP contribution < -0.4 is 10.0 Å². The normalized spacial score (nSPS) is 12.3. The number of carbonyl (C=O) groups excluding carboxylic acids is 3. The Balaban J connectivity index is 2.71. The van der Waals surface area contributed by atoms with Crippen LogP contribution in [0.15, 0.2) is 35.2 Å². The second-order valence-electron chi connectivity index (χ2n) is 5.53. The first kappa shape index (κ1) is 21.6. The van der Waals surface area contributed by atoms with E-state index in [9.17, 15) is 22.8 Å². The van der Waals surface area contributed by atoms with Crippen molar-refractivity contribution in [1.82, 2.24) is 10.0 Å². The second-order valence-corrected chi connectivity index (χ2v) is 7.25. The van der Waals surface area contributed by atoms with Gasteiger partial charge in [-0.15, -0.1) is 0 Å². The number of carbonyl (C=O) groups is 3. The van der Waals surface area contributed by atoms with Gasteiger partial charge >= 0.3 is 12.1 Å². The fourth-order valence-corrected chi connectivity index (χ4v) is 3.19. The van der Waals surface area contributed by atoms with Crippen LogP contribution in [-0.2, 0) is 29.1 Å². The van der Waals surface area contributed by atoms with E-state index >= 15 is 0 Å². The third-order valence-corrected chi connectivity index (χ3v) is 4.58. The van der Waals surface area contributed by atoms with Gasteiger partial charge in [0.05, 0.1) is 11.5 Å². The van der Waals surface area contributed by atoms with Crippen molar-refractivity contribution in [3.05, 3.63) is 30.3 Å². The van der Waals surface area contributed by atoms with Gasteiger partial charge in [0.25, 0.3) is 5.91 Å². The third-order valence-electron chi connectivity index (χ3n) is 3.12. The van der Waals surface area contributed by atoms with Crippen LogP contribution in [0, 0.1) is 5.92 Å². The highest BCUT2D eigenvalue weighted by Crippen LogP contribution is 2.12. The van der Waals surface area contributed by atoms with E-state index in [2.05, 4.69) is 9.46 Å². The summed E-state index contributed by atoms with van der Waals surface area (Å²) in [5.74, 6) is -2.25. The topological polar surface area (TPSA) is 128 Å². The highest BCUT2D eigenvalue weighted by Gasteiger charge is 2.30. The SMILES string of the molecule is CCOC(=O)NC(=O)COC(=O)[C@@H](NS(=O)(=O)c1ccccc1)C(C)C. The van der Waals surface area contributed by atoms with Crippen LogP contribution in [-0.4, -0.2) is 45.6 Å². The summed E-state index contributed by atoms with van der Waals surface area (Å²) in [6.07, 6.45) is -0.960. The minimum atomic E-state index is -3.94. The number of hydrogen-bond acceptors (Lipinski definition) is 7. The Morgan fingerprint density at radius 3 is 2.23 bits per heavy atom. The first-order chi connectivity index (χ1) is 12.2. The summed E-state index contributed by atoms with van der Waals surface area (Å²) >= 11 is 0. The molecule has 1 aromatic carbocycles. The minimum absolute atomic E-state index is 0.00139. The largest absolute Gasteiger partial charge is 0.454 e. The molecule has 0 aromatic heterocycles. The van der Waals surface area contributed by atoms with Crippen LogP contribution in [0.4, 0.5) is 4.79 Å². The molecular formula is C16H22N2O7S. The van der Waals surface area contributed by atoms with Gasteiger partial charge in [0.15, 0.2) is 6.61 Å². The van der Waals surface area contributed by atoms with Crippen molar-refractivity contribution in [2.45, 2.75) is 31.7 Å². The fraction of sp³-hybridized carbons (Fsp3) is 0.438. The van der Waals surface area contributed by atoms with Crippen molar-refractivity contribution in [2.24, 2.45) is 5.92 Å². The molecule has 144 valence electrons. The summed E-state index contributed by atoms with van der Waals surface area (Å²) in [6.45, 7) is 4.15. The monoisotopic (exact) mass is 386 g/mol. The van der Waals surface area contributed by atoms with Crippen molar-refractivity contribution in [2.75, 3.05) is 13.2 Å². The Labute approximate surface area is 152 Å². The number of esters is 1. The number of alkyl carbamates (subject to hydrolysis) is 1. The molecule has 2 N–H and O–H groups in total. The molecule has 0 radical (unpaired) electrons. The number of rotatable bonds is 8. The van der Waals surface area contributed by atoms with Gasteiger partial charge in [-0.2, -0.15) is 4.72 Å². The van der Waals surface area contributed by atoms with Crippen LogP contribution in [0.5, 0.6) is 0 Å². The van der Waals surface area contributed by atoms with E-state index in [0.29, 0.717) is 0 Å². The molecule has 0 bridgehead atoms. The first-order valence-electron chi connectivity index (χ1n) is 7.88. The van der Waals surface area contributed by atoms with Crippen LogP contribution in [0.1, 0.15) is 20.8 Å². The predicted molar refractivity (Wildman–Crippen MR) is 91.5 cm³/mol. The molecule has 0 saturated carbocycles. The maximum absolute atomic E-state index is 12.3. The zero-order valence-corrected chi connectivity index (χ0v) is 15.5. The van der Waals surface area contributed by atoms with Gasteiger partial charge in [-0.05, 0) is 25.0 Å². The van der Waals surface area contributed by atoms with Gasteiger partial charge in [0.1, 0.15) is 6.04 Å². The highest BCUT2D eigenvalue weighted by molar-refractivity contribution is 7.89. The molecule has 0 aliphatic rings. The van der Waals surface area contributed by atoms with E-state index in [0.717, 1.165) is 0 Å². The molecule has 0 fully saturated rings. The van der Waals surface area contributed by atoms with E-state index < -0.39 is 46.6 Å². The lowest BCUT2D eigenvalue weighted by Crippen LogP contribution is -2.46. The van der Waals surface area contributed by atoms with Crippen molar-refractivity contribution in [3.8, 4) is 0 Å². The van der Waals surface area contributed by atoms with E-state index in [-0.39, 0.29) is 11.5 Å². The van der Waals surface area contributed by atoms with E-state index in [1.54, 1.807) is 39.0 Å². The Hall–Kier alpha value is -2.46. The van der Waals surface area contributed by atoms with E-state index in [1.165, 1.54) is 12.1 Å². The number of sulfonamides is 1. The summed E-state index contributed by atoms with van der Waals surface area (Å²) in [7, 11) is -3.94. The van der Waals surface area contributed by atoms with Gasteiger partial charge in [-0.25, -0.2) is 13.2 Å². The van der Waals surface area contributed by atoms with E-state index in [1.807, 2.05) is 5.32 Å². The van der Waals surface area contributed by atoms with Gasteiger partial charge in [0.2, 0.25) is 10.0 Å². The lowest BCUT2D eigenvalue weighted by atomic mass is 10.1. The second kappa shape index (κ2) is 9.88. The first-order valence-corrected chi connectivity index (χ1v) is 9.36. The Morgan fingerprint density at radius 2 is 1.69 bits per heavy atom. The van der Waals surface area contributed by atoms with Crippen LogP contribution in [0.2, 0.25) is 0 Å². The Morgan fingerprint density at radius 1 is 1.08 bits per heavy atom. The molecule has 0 unspecified atom stereocenters. The van der Waals surface area contributed by atoms with Gasteiger partial charge in [0, 0.05) is 0 Å². The van der Waals surface area contributed by atoms with Gasteiger partial charge in [-0.3, -0.25) is 14.9 Å². The Kier molecular flexibility index (Phi) is 8.20. The summed E-state index contributed by atoms with van der Waals surface area (Å²) in [5, 5.41) is 1.86. The molecule has 1 atom stereocenters. The maximum Gasteiger partial charge on any atom is 0.413 e. The molecule has 0 saturated heterocycles. The number of ether oxygens (including phenoxy) is 2. The smallest absolute Gasteiger partial charge is 0.413 e. The Bertz CT molecular complexity index is 732. The molecule has 1 aromatic rings. The predicted octanol–water partition coefficient (Wildman–Crippen LogP) is 0.805. The van der Waals surface area contributed by atoms with Crippen molar-refractivity contribution < 1.29 is 32.3 Å². The zero-order chi connectivity index (χ0) is 19.7. The standard InChI is InChI=1S/C16H22N2O7S/c1-4-24-16(21)17-13(19)10-25-15(20)14(11(2)3)18-26(22,23)12-8-6-5-7-9-12/h5-9,11,14,18H,4,10H2,1-3H3,(H,17,19,21)/t14-/m0/s1. The molecule has 0 heterocycles. The number of imide groups is 1. The number of nitrogens with one attached hydrogen (secondary N) is 2. The fourth-order valence-electron chi connectivity index (χ4n) is 1.83. The average molecular weight is 386 g/mol.